The van der Waals surface area contributed by atoms with E-state index in [0.29, 0.717) is 28.6 Å². The molecule has 0 saturated heterocycles. The lowest BCUT2D eigenvalue weighted by Gasteiger charge is -2.27. The van der Waals surface area contributed by atoms with Gasteiger partial charge in [0.25, 0.3) is 5.91 Å². The van der Waals surface area contributed by atoms with Crippen molar-refractivity contribution in [1.29, 1.82) is 0 Å². The van der Waals surface area contributed by atoms with Gasteiger partial charge in [0, 0.05) is 5.92 Å². The molecule has 0 unspecified atom stereocenters. The molecule has 0 spiro atoms. The van der Waals surface area contributed by atoms with Gasteiger partial charge in [0.05, 0.1) is 25.9 Å². The minimum atomic E-state index is -0.953. The Kier molecular flexibility index (Phi) is 8.68. The number of nitrogens with zero attached hydrogens (tertiary/aromatic N) is 1. The van der Waals surface area contributed by atoms with Crippen LogP contribution in [0.15, 0.2) is 78.9 Å². The molecule has 2 aliphatic rings. The summed E-state index contributed by atoms with van der Waals surface area (Å²) in [5.41, 5.74) is 12.4. The van der Waals surface area contributed by atoms with Crippen LogP contribution in [0.1, 0.15) is 42.0 Å². The van der Waals surface area contributed by atoms with E-state index in [1.165, 1.54) is 7.11 Å². The van der Waals surface area contributed by atoms with Gasteiger partial charge in [0.1, 0.15) is 12.4 Å². The number of imide groups is 1. The number of amides is 2. The van der Waals surface area contributed by atoms with Crippen molar-refractivity contribution in [3.8, 4) is 34.1 Å². The van der Waals surface area contributed by atoms with E-state index < -0.39 is 18.0 Å². The molecule has 46 heavy (non-hydrogen) atoms. The third-order valence-corrected chi connectivity index (χ3v) is 8.34. The van der Waals surface area contributed by atoms with Crippen LogP contribution in [0.5, 0.6) is 23.0 Å². The number of ether oxygens (including phenoxy) is 5. The molecule has 0 fully saturated rings. The molecule has 0 radical (unpaired) electrons. The van der Waals surface area contributed by atoms with Gasteiger partial charge in [-0.05, 0) is 63.6 Å². The monoisotopic (exact) mass is 620 g/mol. The van der Waals surface area contributed by atoms with Crippen molar-refractivity contribution >= 4 is 29.8 Å². The first-order valence-electron chi connectivity index (χ1n) is 15.1. The molecule has 9 nitrogen and oxygen atoms in total. The Labute approximate surface area is 268 Å². The number of hydrogen-bond acceptors (Lipinski definition) is 8. The Morgan fingerprint density at radius 3 is 2.17 bits per heavy atom. The highest BCUT2D eigenvalue weighted by Crippen LogP contribution is 2.45. The third kappa shape index (κ3) is 5.77. The molecular formula is C37H36N2O7. The number of carbonyl (C=O) groups is 2. The zero-order valence-electron chi connectivity index (χ0n) is 26.2. The maximum Gasteiger partial charge on any atom is 0.421 e. The van der Waals surface area contributed by atoms with Gasteiger partial charge in [0.2, 0.25) is 12.5 Å². The van der Waals surface area contributed by atoms with Gasteiger partial charge in [0.15, 0.2) is 11.5 Å². The van der Waals surface area contributed by atoms with Gasteiger partial charge in [-0.1, -0.05) is 80.6 Å². The van der Waals surface area contributed by atoms with Gasteiger partial charge in [-0.25, -0.2) is 9.69 Å². The van der Waals surface area contributed by atoms with Gasteiger partial charge >= 0.3 is 6.09 Å². The Balaban J connectivity index is 1.32. The molecule has 1 aliphatic carbocycles. The second-order valence-electron chi connectivity index (χ2n) is 11.5. The van der Waals surface area contributed by atoms with Crippen molar-refractivity contribution in [1.82, 2.24) is 0 Å². The number of carbonyl (C=O) groups excluding carboxylic acids is 2. The predicted octanol–water partition coefficient (Wildman–Crippen LogP) is 6.87. The largest absolute Gasteiger partial charge is 0.495 e. The van der Waals surface area contributed by atoms with Crippen LogP contribution in [0.4, 0.5) is 10.5 Å². The van der Waals surface area contributed by atoms with Crippen molar-refractivity contribution in [2.24, 2.45) is 11.7 Å². The molecule has 1 atom stereocenters. The fourth-order valence-corrected chi connectivity index (χ4v) is 5.82. The summed E-state index contributed by atoms with van der Waals surface area (Å²) in [5.74, 6) is 1.02. The Bertz CT molecular complexity index is 1770. The van der Waals surface area contributed by atoms with Crippen LogP contribution in [0.3, 0.4) is 0 Å². The molecule has 2 amide bonds. The average molecular weight is 621 g/mol. The fraction of sp³-hybridized carbons (Fsp3) is 0.243. The van der Waals surface area contributed by atoms with Crippen LogP contribution >= 0.6 is 0 Å². The van der Waals surface area contributed by atoms with Crippen molar-refractivity contribution in [3.63, 3.8) is 0 Å². The van der Waals surface area contributed by atoms with Crippen molar-refractivity contribution < 1.29 is 33.3 Å². The first kappa shape index (κ1) is 30.7. The SMILES string of the molecule is COc1ccc(/C=C\c2cc(OC)c3c(c2)OCO3)cc1N(C(=O)OCC1c2ccccc2-c2ccccc21)C(=O)[C@@H](N)C(C)C. The van der Waals surface area contributed by atoms with Crippen LogP contribution in [0.2, 0.25) is 0 Å². The van der Waals surface area contributed by atoms with Crippen LogP contribution in [0, 0.1) is 5.92 Å². The van der Waals surface area contributed by atoms with Crippen molar-refractivity contribution in [2.75, 3.05) is 32.5 Å². The van der Waals surface area contributed by atoms with Gasteiger partial charge < -0.3 is 29.4 Å². The van der Waals surface area contributed by atoms with E-state index in [0.717, 1.165) is 32.7 Å². The minimum absolute atomic E-state index is 0.0431. The number of fused-ring (bicyclic) bond motifs is 4. The highest BCUT2D eigenvalue weighted by Gasteiger charge is 2.35. The molecule has 1 aliphatic heterocycles. The fourth-order valence-electron chi connectivity index (χ4n) is 5.82. The standard InChI is InChI=1S/C37H36N2O7/c1-22(2)34(38)36(40)39(37(41)44-20-29-27-11-7-5-9-25(27)26-10-6-8-12-28(26)29)30-17-23(15-16-31(30)42-3)13-14-24-18-32(43-4)35-33(19-24)45-21-46-35/h5-19,22,29,34H,20-21,38H2,1-4H3/b14-13-/t34-/m0/s1. The quantitative estimate of drug-likeness (QED) is 0.202. The molecule has 0 saturated carbocycles. The second kappa shape index (κ2) is 13.0. The summed E-state index contributed by atoms with van der Waals surface area (Å²) in [4.78, 5) is 28.8. The number of nitrogens with two attached hydrogens (primary N) is 1. The topological polar surface area (TPSA) is 110 Å². The molecule has 4 aromatic carbocycles. The van der Waals surface area contributed by atoms with Crippen LogP contribution in [0.25, 0.3) is 23.3 Å². The van der Waals surface area contributed by atoms with E-state index in [9.17, 15) is 9.59 Å². The summed E-state index contributed by atoms with van der Waals surface area (Å²) in [6.45, 7) is 3.82. The Hall–Kier alpha value is -5.28. The average Bonchev–Trinajstić information content (AvgIpc) is 3.68. The van der Waals surface area contributed by atoms with E-state index in [1.54, 1.807) is 19.2 Å². The number of anilines is 1. The molecule has 4 aromatic rings. The zero-order valence-corrected chi connectivity index (χ0v) is 26.2. The smallest absolute Gasteiger partial charge is 0.421 e. The van der Waals surface area contributed by atoms with Gasteiger partial charge in [-0.15, -0.1) is 0 Å². The summed E-state index contributed by atoms with van der Waals surface area (Å²) in [6.07, 6.45) is 2.89. The predicted molar refractivity (Wildman–Crippen MR) is 176 cm³/mol. The first-order valence-corrected chi connectivity index (χ1v) is 15.1. The lowest BCUT2D eigenvalue weighted by molar-refractivity contribution is -0.120. The zero-order chi connectivity index (χ0) is 32.4. The van der Waals surface area contributed by atoms with Crippen molar-refractivity contribution in [3.05, 3.63) is 101 Å². The molecular weight excluding hydrogens is 584 g/mol. The normalized spacial score (nSPS) is 13.8. The van der Waals surface area contributed by atoms with E-state index >= 15 is 0 Å². The van der Waals surface area contributed by atoms with Crippen LogP contribution in [-0.2, 0) is 9.53 Å². The first-order chi connectivity index (χ1) is 22.3. The summed E-state index contributed by atoms with van der Waals surface area (Å²) in [5, 5.41) is 0. The summed E-state index contributed by atoms with van der Waals surface area (Å²) in [6, 6.07) is 24.1. The van der Waals surface area contributed by atoms with E-state index in [4.69, 9.17) is 29.4 Å². The maximum atomic E-state index is 13.9. The minimum Gasteiger partial charge on any atom is -0.495 e. The third-order valence-electron chi connectivity index (χ3n) is 8.34. The summed E-state index contributed by atoms with van der Waals surface area (Å²) in [7, 11) is 3.05. The number of methoxy groups -OCH3 is 2. The van der Waals surface area contributed by atoms with E-state index in [-0.39, 0.29) is 30.9 Å². The Morgan fingerprint density at radius 2 is 1.52 bits per heavy atom. The van der Waals surface area contributed by atoms with Gasteiger partial charge in [-0.2, -0.15) is 0 Å². The van der Waals surface area contributed by atoms with Crippen LogP contribution in [-0.4, -0.2) is 45.7 Å². The maximum absolute atomic E-state index is 13.9. The van der Waals surface area contributed by atoms with Gasteiger partial charge in [-0.3, -0.25) is 4.79 Å². The highest BCUT2D eigenvalue weighted by molar-refractivity contribution is 6.15. The highest BCUT2D eigenvalue weighted by atomic mass is 16.7. The number of rotatable bonds is 9. The van der Waals surface area contributed by atoms with Crippen molar-refractivity contribution in [2.45, 2.75) is 25.8 Å². The van der Waals surface area contributed by atoms with E-state index in [1.807, 2.05) is 80.6 Å². The number of hydrogen-bond donors (Lipinski definition) is 1. The molecule has 2 N–H and O–H groups in total. The Morgan fingerprint density at radius 1 is 0.870 bits per heavy atom. The summed E-state index contributed by atoms with van der Waals surface area (Å²) >= 11 is 0. The molecule has 9 heteroatoms. The molecule has 6 rings (SSSR count). The van der Waals surface area contributed by atoms with E-state index in [2.05, 4.69) is 12.1 Å². The lowest BCUT2D eigenvalue weighted by Crippen LogP contribution is -2.49. The molecule has 236 valence electrons. The molecule has 0 bridgehead atoms. The second-order valence-corrected chi connectivity index (χ2v) is 11.5. The lowest BCUT2D eigenvalue weighted by atomic mass is 9.98. The van der Waals surface area contributed by atoms with Crippen LogP contribution < -0.4 is 29.6 Å². The number of benzene rings is 4. The molecule has 0 aromatic heterocycles. The summed E-state index contributed by atoms with van der Waals surface area (Å²) < 4.78 is 28.1. The molecule has 1 heterocycles.